The fraction of sp³-hybridized carbons (Fsp3) is 0.500. The number of ether oxygens (including phenoxy) is 3. The summed E-state index contributed by atoms with van der Waals surface area (Å²) in [6.07, 6.45) is 0. The Bertz CT molecular complexity index is 960. The predicted octanol–water partition coefficient (Wildman–Crippen LogP) is 1.87. The lowest BCUT2D eigenvalue weighted by atomic mass is 10.0. The molecule has 0 radical (unpaired) electrons. The van der Waals surface area contributed by atoms with Gasteiger partial charge in [-0.2, -0.15) is 0 Å². The van der Waals surface area contributed by atoms with Crippen molar-refractivity contribution >= 4 is 5.91 Å². The zero-order valence-corrected chi connectivity index (χ0v) is 20.8. The molecule has 1 amide bonds. The van der Waals surface area contributed by atoms with E-state index in [0.717, 1.165) is 17.9 Å². The number of hydrogen-bond acceptors (Lipinski definition) is 7. The van der Waals surface area contributed by atoms with Crippen LogP contribution in [-0.2, 0) is 16.1 Å². The van der Waals surface area contributed by atoms with Crippen molar-refractivity contribution in [2.24, 2.45) is 0 Å². The molecule has 1 atom stereocenters. The van der Waals surface area contributed by atoms with E-state index in [-0.39, 0.29) is 32.2 Å². The summed E-state index contributed by atoms with van der Waals surface area (Å²) in [6.45, 7) is 3.23. The van der Waals surface area contributed by atoms with E-state index in [1.165, 1.54) is 19.2 Å². The SMILES string of the molecule is COCC(=O)N1CCN(Cc2cccc(OCCN(C)C)c2)CC(O)(COc2cccc(F)c2)C1. The van der Waals surface area contributed by atoms with Crippen molar-refractivity contribution in [1.82, 2.24) is 14.7 Å². The third-order valence-corrected chi connectivity index (χ3v) is 5.73. The number of carbonyl (C=O) groups excluding carboxylic acids is 1. The fourth-order valence-electron chi connectivity index (χ4n) is 4.01. The topological polar surface area (TPSA) is 74.7 Å². The number of benzene rings is 2. The molecule has 1 unspecified atom stereocenters. The summed E-state index contributed by atoms with van der Waals surface area (Å²) in [5, 5.41) is 11.5. The third-order valence-electron chi connectivity index (χ3n) is 5.73. The molecular formula is C26H36FN3O5. The Morgan fingerprint density at radius 3 is 2.54 bits per heavy atom. The highest BCUT2D eigenvalue weighted by Gasteiger charge is 2.37. The number of amides is 1. The standard InChI is InChI=1S/C26H36FN3O5/c1-28(2)12-13-34-23-8-4-6-21(14-23)16-29-10-11-30(25(31)17-33-3)19-26(32,18-29)20-35-24-9-5-7-22(27)15-24/h4-9,14-15,32H,10-13,16-20H2,1-3H3. The minimum atomic E-state index is -1.36. The van der Waals surface area contributed by atoms with E-state index >= 15 is 0 Å². The quantitative estimate of drug-likeness (QED) is 0.517. The molecule has 0 saturated carbocycles. The maximum atomic E-state index is 13.6. The molecule has 2 aromatic carbocycles. The van der Waals surface area contributed by atoms with Gasteiger partial charge < -0.3 is 29.1 Å². The van der Waals surface area contributed by atoms with Crippen LogP contribution in [0.4, 0.5) is 4.39 Å². The third kappa shape index (κ3) is 8.78. The fourth-order valence-corrected chi connectivity index (χ4v) is 4.01. The molecule has 0 aliphatic carbocycles. The van der Waals surface area contributed by atoms with Gasteiger partial charge in [-0.25, -0.2) is 4.39 Å². The molecule has 0 bridgehead atoms. The highest BCUT2D eigenvalue weighted by Crippen LogP contribution is 2.22. The normalized spacial score (nSPS) is 19.0. The van der Waals surface area contributed by atoms with Crippen molar-refractivity contribution in [3.8, 4) is 11.5 Å². The summed E-state index contributed by atoms with van der Waals surface area (Å²) in [5.74, 6) is 0.503. The molecule has 1 fully saturated rings. The molecule has 0 aromatic heterocycles. The number of hydrogen-bond donors (Lipinski definition) is 1. The summed E-state index contributed by atoms with van der Waals surface area (Å²) in [5.41, 5.74) is -0.316. The maximum Gasteiger partial charge on any atom is 0.248 e. The van der Waals surface area contributed by atoms with Gasteiger partial charge in [0.05, 0.1) is 6.54 Å². The monoisotopic (exact) mass is 489 g/mol. The molecule has 1 heterocycles. The van der Waals surface area contributed by atoms with Crippen LogP contribution in [0.15, 0.2) is 48.5 Å². The van der Waals surface area contributed by atoms with Gasteiger partial charge >= 0.3 is 0 Å². The van der Waals surface area contributed by atoms with Crippen molar-refractivity contribution in [1.29, 1.82) is 0 Å². The molecule has 1 aliphatic heterocycles. The molecule has 0 spiro atoms. The number of likely N-dealkylation sites (N-methyl/N-ethyl adjacent to an activating group) is 1. The van der Waals surface area contributed by atoms with E-state index in [2.05, 4.69) is 9.80 Å². The minimum Gasteiger partial charge on any atom is -0.492 e. The zero-order chi connectivity index (χ0) is 25.3. The average molecular weight is 490 g/mol. The second kappa shape index (κ2) is 12.8. The first kappa shape index (κ1) is 26.9. The Morgan fingerprint density at radius 2 is 1.83 bits per heavy atom. The largest absolute Gasteiger partial charge is 0.492 e. The lowest BCUT2D eigenvalue weighted by molar-refractivity contribution is -0.138. The smallest absolute Gasteiger partial charge is 0.248 e. The van der Waals surface area contributed by atoms with Gasteiger partial charge in [0.2, 0.25) is 5.91 Å². The Balaban J connectivity index is 1.71. The molecule has 8 nitrogen and oxygen atoms in total. The van der Waals surface area contributed by atoms with Gasteiger partial charge in [-0.3, -0.25) is 9.69 Å². The number of halogens is 1. The van der Waals surface area contributed by atoms with E-state index in [1.807, 2.05) is 38.4 Å². The number of nitrogens with zero attached hydrogens (tertiary/aromatic N) is 3. The van der Waals surface area contributed by atoms with Crippen LogP contribution in [0.5, 0.6) is 11.5 Å². The number of methoxy groups -OCH3 is 1. The van der Waals surface area contributed by atoms with Gasteiger partial charge in [0, 0.05) is 45.9 Å². The number of rotatable bonds is 11. The van der Waals surface area contributed by atoms with Crippen molar-refractivity contribution < 1.29 is 28.5 Å². The second-order valence-corrected chi connectivity index (χ2v) is 9.23. The molecule has 2 aromatic rings. The second-order valence-electron chi connectivity index (χ2n) is 9.23. The van der Waals surface area contributed by atoms with Crippen LogP contribution in [0, 0.1) is 5.82 Å². The van der Waals surface area contributed by atoms with Gasteiger partial charge in [0.25, 0.3) is 0 Å². The highest BCUT2D eigenvalue weighted by molar-refractivity contribution is 5.77. The zero-order valence-electron chi connectivity index (χ0n) is 20.8. The van der Waals surface area contributed by atoms with Crippen LogP contribution >= 0.6 is 0 Å². The van der Waals surface area contributed by atoms with Crippen LogP contribution in [0.3, 0.4) is 0 Å². The van der Waals surface area contributed by atoms with Gasteiger partial charge in [0.15, 0.2) is 0 Å². The van der Waals surface area contributed by atoms with E-state index in [1.54, 1.807) is 17.0 Å². The Kier molecular flexibility index (Phi) is 9.85. The Hall–Kier alpha value is -2.72. The van der Waals surface area contributed by atoms with Crippen molar-refractivity contribution in [3.63, 3.8) is 0 Å². The predicted molar refractivity (Wildman–Crippen MR) is 131 cm³/mol. The summed E-state index contributed by atoms with van der Waals surface area (Å²) < 4.78 is 30.2. The molecule has 3 rings (SSSR count). The first-order chi connectivity index (χ1) is 16.8. The van der Waals surface area contributed by atoms with E-state index in [0.29, 0.717) is 32.0 Å². The minimum absolute atomic E-state index is 0.0623. The molecule has 1 N–H and O–H groups in total. The van der Waals surface area contributed by atoms with E-state index in [4.69, 9.17) is 14.2 Å². The average Bonchev–Trinajstić information content (AvgIpc) is 2.97. The van der Waals surface area contributed by atoms with Crippen LogP contribution in [0.25, 0.3) is 0 Å². The molecule has 35 heavy (non-hydrogen) atoms. The van der Waals surface area contributed by atoms with Gasteiger partial charge in [-0.05, 0) is 43.9 Å². The lowest BCUT2D eigenvalue weighted by Crippen LogP contribution is -2.52. The highest BCUT2D eigenvalue weighted by atomic mass is 19.1. The molecule has 9 heteroatoms. The van der Waals surface area contributed by atoms with Crippen molar-refractivity contribution in [3.05, 3.63) is 59.9 Å². The van der Waals surface area contributed by atoms with E-state index < -0.39 is 11.4 Å². The Labute approximate surface area is 206 Å². The maximum absolute atomic E-state index is 13.6. The number of aliphatic hydroxyl groups is 1. The van der Waals surface area contributed by atoms with Crippen LogP contribution in [-0.4, -0.2) is 105 Å². The first-order valence-electron chi connectivity index (χ1n) is 11.7. The van der Waals surface area contributed by atoms with Crippen molar-refractivity contribution in [2.75, 3.05) is 73.7 Å². The summed E-state index contributed by atoms with van der Waals surface area (Å²) in [7, 11) is 5.47. The van der Waals surface area contributed by atoms with Crippen LogP contribution in [0.2, 0.25) is 0 Å². The molecular weight excluding hydrogens is 453 g/mol. The van der Waals surface area contributed by atoms with Gasteiger partial charge in [-0.15, -0.1) is 0 Å². The summed E-state index contributed by atoms with van der Waals surface area (Å²) in [4.78, 5) is 18.3. The molecule has 1 saturated heterocycles. The number of carbonyl (C=O) groups is 1. The number of β-amino-alcohol motifs (C(OH)–C–C–N with tert-alkyl or cyclic N) is 1. The lowest BCUT2D eigenvalue weighted by Gasteiger charge is -2.33. The Morgan fingerprint density at radius 1 is 1.09 bits per heavy atom. The first-order valence-corrected chi connectivity index (χ1v) is 11.7. The van der Waals surface area contributed by atoms with Crippen LogP contribution < -0.4 is 9.47 Å². The summed E-state index contributed by atoms with van der Waals surface area (Å²) in [6, 6.07) is 13.7. The van der Waals surface area contributed by atoms with Crippen molar-refractivity contribution in [2.45, 2.75) is 12.1 Å². The van der Waals surface area contributed by atoms with Gasteiger partial charge in [0.1, 0.15) is 42.7 Å². The van der Waals surface area contributed by atoms with Crippen LogP contribution in [0.1, 0.15) is 5.56 Å². The van der Waals surface area contributed by atoms with E-state index in [9.17, 15) is 14.3 Å². The molecule has 192 valence electrons. The summed E-state index contributed by atoms with van der Waals surface area (Å²) >= 11 is 0. The van der Waals surface area contributed by atoms with Gasteiger partial charge in [-0.1, -0.05) is 18.2 Å². The molecule has 1 aliphatic rings.